The molecule has 0 saturated heterocycles. The van der Waals surface area contributed by atoms with Gasteiger partial charge in [-0.2, -0.15) is 0 Å². The minimum atomic E-state index is -2.56. The molecule has 0 bridgehead atoms. The summed E-state index contributed by atoms with van der Waals surface area (Å²) >= 11 is 0. The highest BCUT2D eigenvalue weighted by atomic mass is 16.4. The SMILES string of the molecule is C=C(C)C(=O)C(C=O)(CC(=O)O)C(=O)O. The molecule has 0 saturated carbocycles. The van der Waals surface area contributed by atoms with E-state index in [2.05, 4.69) is 6.58 Å². The Kier molecular flexibility index (Phi) is 3.90. The van der Waals surface area contributed by atoms with Gasteiger partial charge in [0, 0.05) is 0 Å². The van der Waals surface area contributed by atoms with Gasteiger partial charge in [0.1, 0.15) is 6.29 Å². The number of Topliss-reactive ketones (excluding diaryl/α,β-unsaturated/α-hetero) is 1. The predicted molar refractivity (Wildman–Crippen MR) is 48.2 cm³/mol. The molecule has 0 spiro atoms. The molecule has 1 unspecified atom stereocenters. The summed E-state index contributed by atoms with van der Waals surface area (Å²) in [5, 5.41) is 17.2. The van der Waals surface area contributed by atoms with Crippen molar-refractivity contribution in [1.29, 1.82) is 0 Å². The van der Waals surface area contributed by atoms with Crippen molar-refractivity contribution in [3.8, 4) is 0 Å². The van der Waals surface area contributed by atoms with Crippen LogP contribution < -0.4 is 0 Å². The maximum absolute atomic E-state index is 11.4. The number of hydrogen-bond acceptors (Lipinski definition) is 4. The summed E-state index contributed by atoms with van der Waals surface area (Å²) in [5.41, 5.74) is -2.73. The smallest absolute Gasteiger partial charge is 0.325 e. The summed E-state index contributed by atoms with van der Waals surface area (Å²) in [6.07, 6.45) is -1.25. The average molecular weight is 214 g/mol. The van der Waals surface area contributed by atoms with E-state index in [4.69, 9.17) is 10.2 Å². The van der Waals surface area contributed by atoms with Crippen molar-refractivity contribution >= 4 is 24.0 Å². The van der Waals surface area contributed by atoms with Crippen LogP contribution in [-0.4, -0.2) is 34.2 Å². The van der Waals surface area contributed by atoms with Gasteiger partial charge in [0.05, 0.1) is 6.42 Å². The van der Waals surface area contributed by atoms with Gasteiger partial charge in [-0.25, -0.2) is 0 Å². The standard InChI is InChI=1S/C9H10O6/c1-5(2)7(13)9(4-10,8(14)15)3-6(11)12/h4H,1,3H2,2H3,(H,11,12)(H,14,15). The average Bonchev–Trinajstić information content (AvgIpc) is 2.12. The molecule has 0 aliphatic carbocycles. The number of carboxylic acids is 2. The number of rotatable bonds is 6. The molecule has 6 nitrogen and oxygen atoms in total. The lowest BCUT2D eigenvalue weighted by atomic mass is 9.79. The van der Waals surface area contributed by atoms with E-state index in [0.717, 1.165) is 0 Å². The molecule has 0 fully saturated rings. The van der Waals surface area contributed by atoms with Gasteiger partial charge in [0.25, 0.3) is 0 Å². The highest BCUT2D eigenvalue weighted by Gasteiger charge is 2.48. The third-order valence-corrected chi connectivity index (χ3v) is 1.81. The van der Waals surface area contributed by atoms with E-state index < -0.39 is 29.6 Å². The molecule has 0 aromatic rings. The number of aldehydes is 1. The Morgan fingerprint density at radius 2 is 1.80 bits per heavy atom. The van der Waals surface area contributed by atoms with Crippen LogP contribution in [0.5, 0.6) is 0 Å². The van der Waals surface area contributed by atoms with Crippen molar-refractivity contribution in [3.63, 3.8) is 0 Å². The van der Waals surface area contributed by atoms with E-state index in [0.29, 0.717) is 0 Å². The molecule has 82 valence electrons. The van der Waals surface area contributed by atoms with Crippen LogP contribution in [0.1, 0.15) is 13.3 Å². The number of aliphatic carboxylic acids is 2. The molecule has 0 aliphatic heterocycles. The Morgan fingerprint density at radius 3 is 2.00 bits per heavy atom. The van der Waals surface area contributed by atoms with Gasteiger partial charge < -0.3 is 15.0 Å². The Morgan fingerprint density at radius 1 is 1.33 bits per heavy atom. The van der Waals surface area contributed by atoms with E-state index >= 15 is 0 Å². The second-order valence-corrected chi connectivity index (χ2v) is 3.07. The van der Waals surface area contributed by atoms with E-state index in [9.17, 15) is 19.2 Å². The number of hydrogen-bond donors (Lipinski definition) is 2. The van der Waals surface area contributed by atoms with Crippen LogP contribution >= 0.6 is 0 Å². The first-order valence-corrected chi connectivity index (χ1v) is 3.89. The minimum absolute atomic E-state index is 0.166. The molecule has 0 aromatic heterocycles. The Balaban J connectivity index is 5.44. The first-order valence-electron chi connectivity index (χ1n) is 3.89. The molecule has 15 heavy (non-hydrogen) atoms. The summed E-state index contributed by atoms with van der Waals surface area (Å²) in [6, 6.07) is 0. The van der Waals surface area contributed by atoms with Crippen LogP contribution in [0.15, 0.2) is 12.2 Å². The summed E-state index contributed by atoms with van der Waals surface area (Å²) in [5.74, 6) is -4.42. The van der Waals surface area contributed by atoms with Crippen molar-refractivity contribution < 1.29 is 29.4 Å². The largest absolute Gasteiger partial charge is 0.481 e. The van der Waals surface area contributed by atoms with E-state index in [-0.39, 0.29) is 11.9 Å². The molecule has 0 heterocycles. The number of allylic oxidation sites excluding steroid dienone is 1. The van der Waals surface area contributed by atoms with Crippen LogP contribution in [-0.2, 0) is 19.2 Å². The minimum Gasteiger partial charge on any atom is -0.481 e. The van der Waals surface area contributed by atoms with Gasteiger partial charge in [-0.15, -0.1) is 0 Å². The van der Waals surface area contributed by atoms with Crippen molar-refractivity contribution in [2.45, 2.75) is 13.3 Å². The van der Waals surface area contributed by atoms with Gasteiger partial charge >= 0.3 is 11.9 Å². The molecular formula is C9H10O6. The third kappa shape index (κ3) is 2.49. The first kappa shape index (κ1) is 13.0. The molecular weight excluding hydrogens is 204 g/mol. The molecule has 1 atom stereocenters. The Bertz CT molecular complexity index is 343. The van der Waals surface area contributed by atoms with Gasteiger partial charge in [-0.3, -0.25) is 14.4 Å². The van der Waals surface area contributed by atoms with Crippen molar-refractivity contribution in [1.82, 2.24) is 0 Å². The van der Waals surface area contributed by atoms with Gasteiger partial charge in [0.15, 0.2) is 11.2 Å². The van der Waals surface area contributed by atoms with Crippen molar-refractivity contribution in [2.75, 3.05) is 0 Å². The van der Waals surface area contributed by atoms with Crippen LogP contribution in [0.3, 0.4) is 0 Å². The zero-order valence-electron chi connectivity index (χ0n) is 8.02. The molecule has 0 amide bonds. The molecule has 0 aliphatic rings. The summed E-state index contributed by atoms with van der Waals surface area (Å²) < 4.78 is 0. The zero-order chi connectivity index (χ0) is 12.2. The molecule has 0 radical (unpaired) electrons. The van der Waals surface area contributed by atoms with E-state index in [1.54, 1.807) is 0 Å². The quantitative estimate of drug-likeness (QED) is 0.362. The number of carbonyl (C=O) groups excluding carboxylic acids is 2. The topological polar surface area (TPSA) is 109 Å². The summed E-state index contributed by atoms with van der Waals surface area (Å²) in [6.45, 7) is 4.41. The maximum atomic E-state index is 11.4. The molecule has 0 aromatic carbocycles. The van der Waals surface area contributed by atoms with Crippen molar-refractivity contribution in [2.24, 2.45) is 5.41 Å². The summed E-state index contributed by atoms with van der Waals surface area (Å²) in [7, 11) is 0. The fourth-order valence-corrected chi connectivity index (χ4v) is 1.02. The Hall–Kier alpha value is -1.98. The second-order valence-electron chi connectivity index (χ2n) is 3.07. The maximum Gasteiger partial charge on any atom is 0.325 e. The number of ketones is 1. The third-order valence-electron chi connectivity index (χ3n) is 1.81. The van der Waals surface area contributed by atoms with E-state index in [1.807, 2.05) is 0 Å². The van der Waals surface area contributed by atoms with Crippen LogP contribution in [0, 0.1) is 5.41 Å². The predicted octanol–water partition coefficient (Wildman–Crippen LogP) is -0.124. The second kappa shape index (κ2) is 4.50. The van der Waals surface area contributed by atoms with Gasteiger partial charge in [0.2, 0.25) is 0 Å². The summed E-state index contributed by atoms with van der Waals surface area (Å²) in [4.78, 5) is 43.2. The van der Waals surface area contributed by atoms with Crippen molar-refractivity contribution in [3.05, 3.63) is 12.2 Å². The molecule has 2 N–H and O–H groups in total. The number of carbonyl (C=O) groups is 4. The lowest BCUT2D eigenvalue weighted by Crippen LogP contribution is -2.43. The first-order chi connectivity index (χ1) is 6.77. The molecule has 6 heteroatoms. The normalized spacial score (nSPS) is 13.7. The lowest BCUT2D eigenvalue weighted by Gasteiger charge is -2.19. The highest BCUT2D eigenvalue weighted by molar-refractivity contribution is 6.22. The van der Waals surface area contributed by atoms with Gasteiger partial charge in [-0.05, 0) is 12.5 Å². The highest BCUT2D eigenvalue weighted by Crippen LogP contribution is 2.24. The van der Waals surface area contributed by atoms with Crippen LogP contribution in [0.4, 0.5) is 0 Å². The Labute approximate surface area is 85.2 Å². The van der Waals surface area contributed by atoms with Gasteiger partial charge in [-0.1, -0.05) is 6.58 Å². The fraction of sp³-hybridized carbons (Fsp3) is 0.333. The van der Waals surface area contributed by atoms with Crippen LogP contribution in [0.2, 0.25) is 0 Å². The number of carboxylic acid groups (broad SMARTS) is 2. The fourth-order valence-electron chi connectivity index (χ4n) is 1.02. The van der Waals surface area contributed by atoms with Crippen LogP contribution in [0.25, 0.3) is 0 Å². The van der Waals surface area contributed by atoms with E-state index in [1.165, 1.54) is 6.92 Å². The molecule has 0 rings (SSSR count). The zero-order valence-corrected chi connectivity index (χ0v) is 8.02. The lowest BCUT2D eigenvalue weighted by molar-refractivity contribution is -0.161. The monoisotopic (exact) mass is 214 g/mol.